The van der Waals surface area contributed by atoms with Crippen LogP contribution in [0.3, 0.4) is 0 Å². The Labute approximate surface area is 163 Å². The Bertz CT molecular complexity index is 975. The Morgan fingerprint density at radius 3 is 2.46 bits per heavy atom. The van der Waals surface area contributed by atoms with Crippen LogP contribution in [0.1, 0.15) is 18.1 Å². The number of allylic oxidation sites excluding steroid dienone is 2. The maximum Gasteiger partial charge on any atom is 0.308 e. The van der Waals surface area contributed by atoms with E-state index in [4.69, 9.17) is 14.3 Å². The number of carbonyl (C=O) groups excluding carboxylic acids is 1. The molecular weight excluding hydrogens is 354 g/mol. The van der Waals surface area contributed by atoms with Gasteiger partial charge in [-0.1, -0.05) is 41.8 Å². The summed E-state index contributed by atoms with van der Waals surface area (Å²) in [6, 6.07) is 16.6. The van der Waals surface area contributed by atoms with Crippen molar-refractivity contribution >= 4 is 11.9 Å². The van der Waals surface area contributed by atoms with E-state index in [-0.39, 0.29) is 5.97 Å². The molecule has 0 heterocycles. The van der Waals surface area contributed by atoms with E-state index in [9.17, 15) is 4.79 Å². The summed E-state index contributed by atoms with van der Waals surface area (Å²) in [5.74, 6) is 0.411. The highest BCUT2D eigenvalue weighted by atomic mass is 16.6. The van der Waals surface area contributed by atoms with Gasteiger partial charge in [0.2, 0.25) is 0 Å². The minimum atomic E-state index is -0.374. The first-order valence-electron chi connectivity index (χ1n) is 8.73. The molecular formula is C23H19NO4. The van der Waals surface area contributed by atoms with Gasteiger partial charge < -0.3 is 14.3 Å². The van der Waals surface area contributed by atoms with Crippen molar-refractivity contribution in [2.45, 2.75) is 13.5 Å². The van der Waals surface area contributed by atoms with Crippen molar-refractivity contribution < 1.29 is 19.1 Å². The second-order valence-corrected chi connectivity index (χ2v) is 5.90. The number of hydrogen-bond donors (Lipinski definition) is 0. The Balaban J connectivity index is 1.72. The molecule has 0 bridgehead atoms. The van der Waals surface area contributed by atoms with Crippen LogP contribution < -0.4 is 4.74 Å². The smallest absolute Gasteiger partial charge is 0.308 e. The van der Waals surface area contributed by atoms with Crippen molar-refractivity contribution in [1.82, 2.24) is 0 Å². The van der Waals surface area contributed by atoms with Gasteiger partial charge >= 0.3 is 5.97 Å². The molecule has 2 aromatic rings. The van der Waals surface area contributed by atoms with Crippen molar-refractivity contribution in [3.05, 3.63) is 101 Å². The molecule has 0 aromatic heterocycles. The van der Waals surface area contributed by atoms with E-state index in [1.807, 2.05) is 36.4 Å². The second-order valence-electron chi connectivity index (χ2n) is 5.90. The number of rotatable bonds is 7. The molecule has 0 saturated carbocycles. The van der Waals surface area contributed by atoms with Gasteiger partial charge in [-0.25, -0.2) is 0 Å². The van der Waals surface area contributed by atoms with Gasteiger partial charge in [-0.15, -0.1) is 0 Å². The highest BCUT2D eigenvalue weighted by Crippen LogP contribution is 2.15. The van der Waals surface area contributed by atoms with Crippen molar-refractivity contribution in [2.24, 2.45) is 5.16 Å². The Morgan fingerprint density at radius 2 is 1.79 bits per heavy atom. The lowest BCUT2D eigenvalue weighted by Gasteiger charge is -2.11. The molecule has 5 heteroatoms. The molecule has 140 valence electrons. The summed E-state index contributed by atoms with van der Waals surface area (Å²) in [5, 5.41) is 4.16. The van der Waals surface area contributed by atoms with Gasteiger partial charge in [0, 0.05) is 12.5 Å². The molecule has 0 unspecified atom stereocenters. The monoisotopic (exact) mass is 373 g/mol. The fourth-order valence-electron chi connectivity index (χ4n) is 2.35. The molecule has 0 aliphatic heterocycles. The van der Waals surface area contributed by atoms with Gasteiger partial charge in [-0.2, -0.15) is 0 Å². The summed E-state index contributed by atoms with van der Waals surface area (Å²) in [5.41, 5.74) is 8.38. The third-order valence-corrected chi connectivity index (χ3v) is 3.68. The van der Waals surface area contributed by atoms with Crippen LogP contribution in [0.2, 0.25) is 0 Å². The lowest BCUT2D eigenvalue weighted by Crippen LogP contribution is -2.10. The predicted octanol–water partition coefficient (Wildman–Crippen LogP) is 4.31. The van der Waals surface area contributed by atoms with Crippen LogP contribution in [-0.2, 0) is 21.0 Å². The van der Waals surface area contributed by atoms with Crippen LogP contribution in [0.5, 0.6) is 5.75 Å². The van der Waals surface area contributed by atoms with Crippen LogP contribution in [0.4, 0.5) is 0 Å². The first-order chi connectivity index (χ1) is 13.7. The van der Waals surface area contributed by atoms with Gasteiger partial charge in [-0.05, 0) is 58.8 Å². The number of carbonyl (C=O) groups is 1. The molecule has 0 radical (unpaired) electrons. The zero-order valence-corrected chi connectivity index (χ0v) is 15.4. The quantitative estimate of drug-likeness (QED) is 0.181. The Morgan fingerprint density at radius 1 is 1.00 bits per heavy atom. The first kappa shape index (κ1) is 19.0. The SMILES string of the molecule is CC(=O)Oc1ccc(/C(=N/OCc2ccccc2)OCC2=CC=C=C=C2)cc1. The molecule has 1 aliphatic carbocycles. The van der Waals surface area contributed by atoms with Gasteiger partial charge in [0.1, 0.15) is 19.0 Å². The van der Waals surface area contributed by atoms with Crippen LogP contribution in [-0.4, -0.2) is 18.5 Å². The molecule has 5 nitrogen and oxygen atoms in total. The van der Waals surface area contributed by atoms with Crippen molar-refractivity contribution in [2.75, 3.05) is 6.61 Å². The fourth-order valence-corrected chi connectivity index (χ4v) is 2.35. The standard InChI is InChI=1S/C23H19NO4/c1-18(25)28-22-14-12-21(13-15-22)23(26-16-19-8-4-2-5-9-19)24-27-17-20-10-6-3-7-11-20/h3-4,6-15H,16-17H2,1H3/b24-23-. The van der Waals surface area contributed by atoms with E-state index in [1.165, 1.54) is 6.92 Å². The number of hydrogen-bond acceptors (Lipinski definition) is 5. The summed E-state index contributed by atoms with van der Waals surface area (Å²) in [6.45, 7) is 1.99. The fraction of sp³-hybridized carbons (Fsp3) is 0.130. The zero-order valence-electron chi connectivity index (χ0n) is 15.4. The topological polar surface area (TPSA) is 57.1 Å². The summed E-state index contributed by atoms with van der Waals surface area (Å²) < 4.78 is 10.9. The molecule has 0 spiro atoms. The van der Waals surface area contributed by atoms with Gasteiger partial charge in [0.25, 0.3) is 5.90 Å². The van der Waals surface area contributed by atoms with E-state index in [0.717, 1.165) is 11.1 Å². The van der Waals surface area contributed by atoms with E-state index in [0.29, 0.717) is 30.4 Å². The summed E-state index contributed by atoms with van der Waals surface area (Å²) in [6.07, 6.45) is 5.46. The highest BCUT2D eigenvalue weighted by Gasteiger charge is 2.09. The molecule has 1 aliphatic rings. The van der Waals surface area contributed by atoms with Crippen molar-refractivity contribution in [3.8, 4) is 5.75 Å². The highest BCUT2D eigenvalue weighted by molar-refractivity contribution is 5.94. The lowest BCUT2D eigenvalue weighted by atomic mass is 10.2. The molecule has 28 heavy (non-hydrogen) atoms. The van der Waals surface area contributed by atoms with Gasteiger partial charge in [-0.3, -0.25) is 4.79 Å². The van der Waals surface area contributed by atoms with E-state index < -0.39 is 0 Å². The summed E-state index contributed by atoms with van der Waals surface area (Å²) in [7, 11) is 0. The van der Waals surface area contributed by atoms with Gasteiger partial charge in [0.15, 0.2) is 0 Å². The summed E-state index contributed by atoms with van der Waals surface area (Å²) in [4.78, 5) is 16.6. The average Bonchev–Trinajstić information content (AvgIpc) is 2.72. The molecule has 3 rings (SSSR count). The minimum Gasteiger partial charge on any atom is -0.470 e. The van der Waals surface area contributed by atoms with E-state index in [1.54, 1.807) is 36.4 Å². The van der Waals surface area contributed by atoms with E-state index >= 15 is 0 Å². The molecule has 0 atom stereocenters. The van der Waals surface area contributed by atoms with E-state index in [2.05, 4.69) is 16.6 Å². The molecule has 0 fully saturated rings. The average molecular weight is 373 g/mol. The maximum atomic E-state index is 11.1. The minimum absolute atomic E-state index is 0.310. The zero-order chi connectivity index (χ0) is 19.6. The van der Waals surface area contributed by atoms with Crippen LogP contribution in [0.25, 0.3) is 0 Å². The first-order valence-corrected chi connectivity index (χ1v) is 8.73. The second kappa shape index (κ2) is 9.79. The largest absolute Gasteiger partial charge is 0.470 e. The maximum absolute atomic E-state index is 11.1. The predicted molar refractivity (Wildman–Crippen MR) is 106 cm³/mol. The molecule has 0 amide bonds. The number of esters is 1. The molecule has 0 saturated heterocycles. The number of ether oxygens (including phenoxy) is 2. The molecule has 2 aromatic carbocycles. The van der Waals surface area contributed by atoms with Gasteiger partial charge in [0.05, 0.1) is 0 Å². The lowest BCUT2D eigenvalue weighted by molar-refractivity contribution is -0.131. The van der Waals surface area contributed by atoms with Crippen LogP contribution in [0, 0.1) is 0 Å². The Hall–Kier alpha value is -3.78. The number of oxime groups is 1. The van der Waals surface area contributed by atoms with Crippen LogP contribution in [0.15, 0.2) is 95.0 Å². The van der Waals surface area contributed by atoms with Crippen LogP contribution >= 0.6 is 0 Å². The third-order valence-electron chi connectivity index (χ3n) is 3.68. The number of benzene rings is 2. The van der Waals surface area contributed by atoms with Crippen molar-refractivity contribution in [1.29, 1.82) is 0 Å². The molecule has 0 N–H and O–H groups in total. The number of nitrogens with zero attached hydrogens (tertiary/aromatic N) is 1. The Kier molecular flexibility index (Phi) is 6.64. The normalized spacial score (nSPS) is 12.5. The van der Waals surface area contributed by atoms with Crippen molar-refractivity contribution in [3.63, 3.8) is 0 Å². The third kappa shape index (κ3) is 5.89. The summed E-state index contributed by atoms with van der Waals surface area (Å²) >= 11 is 0.